The molecule has 1 heterocycles. The SMILES string of the molecule is CN(C)C(CNC(=O)NCC1(N2CCSCC2)CCCC1)Cc1ccccc1. The molecule has 3 rings (SSSR count). The van der Waals surface area contributed by atoms with Crippen LogP contribution in [-0.4, -0.2) is 79.2 Å². The number of likely N-dealkylation sites (N-methyl/N-ethyl adjacent to an activating group) is 1. The molecule has 2 N–H and O–H groups in total. The summed E-state index contributed by atoms with van der Waals surface area (Å²) < 4.78 is 0. The van der Waals surface area contributed by atoms with Crippen LogP contribution in [0.1, 0.15) is 31.2 Å². The van der Waals surface area contributed by atoms with E-state index in [0.717, 1.165) is 26.1 Å². The monoisotopic (exact) mass is 404 g/mol. The van der Waals surface area contributed by atoms with E-state index in [4.69, 9.17) is 0 Å². The number of rotatable bonds is 8. The third-order valence-electron chi connectivity index (χ3n) is 6.34. The van der Waals surface area contributed by atoms with Crippen molar-refractivity contribution in [2.75, 3.05) is 51.8 Å². The van der Waals surface area contributed by atoms with Crippen molar-refractivity contribution < 1.29 is 4.79 Å². The van der Waals surface area contributed by atoms with E-state index in [-0.39, 0.29) is 17.6 Å². The van der Waals surface area contributed by atoms with Gasteiger partial charge in [-0.15, -0.1) is 0 Å². The first-order valence-corrected chi connectivity index (χ1v) is 11.8. The number of nitrogens with zero attached hydrogens (tertiary/aromatic N) is 2. The van der Waals surface area contributed by atoms with Crippen LogP contribution in [0, 0.1) is 0 Å². The Morgan fingerprint density at radius 3 is 2.46 bits per heavy atom. The lowest BCUT2D eigenvalue weighted by atomic mass is 9.94. The fourth-order valence-corrected chi connectivity index (χ4v) is 5.42. The third-order valence-corrected chi connectivity index (χ3v) is 7.28. The van der Waals surface area contributed by atoms with Crippen LogP contribution in [0.3, 0.4) is 0 Å². The predicted octanol–water partition coefficient (Wildman–Crippen LogP) is 2.82. The Bertz CT molecular complexity index is 598. The highest BCUT2D eigenvalue weighted by molar-refractivity contribution is 7.99. The lowest BCUT2D eigenvalue weighted by Gasteiger charge is -2.43. The molecule has 6 heteroatoms. The molecule has 0 aromatic heterocycles. The Morgan fingerprint density at radius 2 is 1.82 bits per heavy atom. The van der Waals surface area contributed by atoms with Crippen molar-refractivity contribution in [3.8, 4) is 0 Å². The number of thioether (sulfide) groups is 1. The fourth-order valence-electron chi connectivity index (χ4n) is 4.52. The van der Waals surface area contributed by atoms with Gasteiger partial charge in [-0.1, -0.05) is 43.2 Å². The lowest BCUT2D eigenvalue weighted by Crippen LogP contribution is -2.57. The zero-order chi connectivity index (χ0) is 19.8. The quantitative estimate of drug-likeness (QED) is 0.699. The molecule has 1 saturated heterocycles. The highest BCUT2D eigenvalue weighted by Gasteiger charge is 2.40. The Labute approximate surface area is 174 Å². The van der Waals surface area contributed by atoms with Gasteiger partial charge in [0.05, 0.1) is 0 Å². The summed E-state index contributed by atoms with van der Waals surface area (Å²) in [5.41, 5.74) is 1.49. The number of benzene rings is 1. The second-order valence-corrected chi connectivity index (χ2v) is 9.63. The van der Waals surface area contributed by atoms with Gasteiger partial charge >= 0.3 is 6.03 Å². The van der Waals surface area contributed by atoms with Crippen molar-refractivity contribution in [1.29, 1.82) is 0 Å². The van der Waals surface area contributed by atoms with Gasteiger partial charge in [-0.2, -0.15) is 11.8 Å². The van der Waals surface area contributed by atoms with Gasteiger partial charge in [-0.3, -0.25) is 4.90 Å². The largest absolute Gasteiger partial charge is 0.337 e. The number of carbonyl (C=O) groups excluding carboxylic acids is 1. The summed E-state index contributed by atoms with van der Waals surface area (Å²) in [5, 5.41) is 6.32. The fraction of sp³-hybridized carbons (Fsp3) is 0.682. The van der Waals surface area contributed by atoms with Gasteiger partial charge in [0.2, 0.25) is 0 Å². The summed E-state index contributed by atoms with van der Waals surface area (Å²) in [5.74, 6) is 2.44. The summed E-state index contributed by atoms with van der Waals surface area (Å²) in [6, 6.07) is 10.7. The first kappa shape index (κ1) is 21.5. The molecule has 2 amide bonds. The van der Waals surface area contributed by atoms with E-state index in [1.54, 1.807) is 0 Å². The first-order valence-electron chi connectivity index (χ1n) is 10.6. The molecule has 0 radical (unpaired) electrons. The van der Waals surface area contributed by atoms with E-state index in [2.05, 4.69) is 58.8 Å². The molecule has 0 bridgehead atoms. The van der Waals surface area contributed by atoms with Crippen LogP contribution in [0.5, 0.6) is 0 Å². The van der Waals surface area contributed by atoms with Gasteiger partial charge in [0, 0.05) is 49.3 Å². The van der Waals surface area contributed by atoms with E-state index in [0.29, 0.717) is 6.54 Å². The molecule has 2 fully saturated rings. The molecule has 2 aliphatic rings. The predicted molar refractivity (Wildman–Crippen MR) is 119 cm³/mol. The number of hydrogen-bond donors (Lipinski definition) is 2. The summed E-state index contributed by atoms with van der Waals surface area (Å²) in [4.78, 5) is 17.4. The molecule has 1 aromatic rings. The van der Waals surface area contributed by atoms with Crippen LogP contribution in [0.2, 0.25) is 0 Å². The second kappa shape index (κ2) is 10.5. The molecule has 5 nitrogen and oxygen atoms in total. The van der Waals surface area contributed by atoms with Gasteiger partial charge in [-0.05, 0) is 38.9 Å². The van der Waals surface area contributed by atoms with Crippen LogP contribution < -0.4 is 10.6 Å². The second-order valence-electron chi connectivity index (χ2n) is 8.40. The van der Waals surface area contributed by atoms with Crippen molar-refractivity contribution in [1.82, 2.24) is 20.4 Å². The number of hydrogen-bond acceptors (Lipinski definition) is 4. The minimum absolute atomic E-state index is 0.0300. The van der Waals surface area contributed by atoms with Crippen molar-refractivity contribution in [2.24, 2.45) is 0 Å². The van der Waals surface area contributed by atoms with E-state index >= 15 is 0 Å². The third kappa shape index (κ3) is 5.88. The van der Waals surface area contributed by atoms with Crippen molar-refractivity contribution in [3.05, 3.63) is 35.9 Å². The molecule has 1 aliphatic heterocycles. The Kier molecular flexibility index (Phi) is 8.06. The van der Waals surface area contributed by atoms with Gasteiger partial charge in [0.15, 0.2) is 0 Å². The normalized spacial score (nSPS) is 20.8. The van der Waals surface area contributed by atoms with Gasteiger partial charge in [-0.25, -0.2) is 4.79 Å². The summed E-state index contributed by atoms with van der Waals surface area (Å²) in [7, 11) is 4.16. The minimum Gasteiger partial charge on any atom is -0.337 e. The van der Waals surface area contributed by atoms with E-state index in [9.17, 15) is 4.79 Å². The number of carbonyl (C=O) groups is 1. The van der Waals surface area contributed by atoms with Crippen molar-refractivity contribution in [2.45, 2.75) is 43.7 Å². The summed E-state index contributed by atoms with van der Waals surface area (Å²) >= 11 is 2.05. The number of amides is 2. The molecule has 1 unspecified atom stereocenters. The van der Waals surface area contributed by atoms with E-state index in [1.807, 2.05) is 17.8 Å². The van der Waals surface area contributed by atoms with Gasteiger partial charge in [0.25, 0.3) is 0 Å². The molecule has 1 atom stereocenters. The van der Waals surface area contributed by atoms with E-state index in [1.165, 1.54) is 42.8 Å². The van der Waals surface area contributed by atoms with Crippen molar-refractivity contribution >= 4 is 17.8 Å². The van der Waals surface area contributed by atoms with E-state index < -0.39 is 0 Å². The standard InChI is InChI=1S/C22H36N4OS/c1-25(2)20(16-19-8-4-3-5-9-19)17-23-21(27)24-18-22(10-6-7-11-22)26-12-14-28-15-13-26/h3-5,8-9,20H,6-7,10-18H2,1-2H3,(H2,23,24,27). The first-order chi connectivity index (χ1) is 13.6. The maximum absolute atomic E-state index is 12.5. The molecule has 28 heavy (non-hydrogen) atoms. The lowest BCUT2D eigenvalue weighted by molar-refractivity contribution is 0.104. The molecule has 156 valence electrons. The molecular weight excluding hydrogens is 368 g/mol. The van der Waals surface area contributed by atoms with Crippen LogP contribution in [-0.2, 0) is 6.42 Å². The maximum atomic E-state index is 12.5. The average Bonchev–Trinajstić information content (AvgIpc) is 3.21. The summed E-state index contributed by atoms with van der Waals surface area (Å²) in [6.07, 6.45) is 5.93. The van der Waals surface area contributed by atoms with Crippen LogP contribution >= 0.6 is 11.8 Å². The molecule has 0 spiro atoms. The Morgan fingerprint density at radius 1 is 1.14 bits per heavy atom. The highest BCUT2D eigenvalue weighted by Crippen LogP contribution is 2.36. The Hall–Kier alpha value is -1.24. The highest BCUT2D eigenvalue weighted by atomic mass is 32.2. The topological polar surface area (TPSA) is 47.6 Å². The molecule has 1 aliphatic carbocycles. The zero-order valence-electron chi connectivity index (χ0n) is 17.5. The minimum atomic E-state index is -0.0300. The number of urea groups is 1. The molecule has 1 aromatic carbocycles. The van der Waals surface area contributed by atoms with Crippen LogP contribution in [0.15, 0.2) is 30.3 Å². The molecule has 1 saturated carbocycles. The maximum Gasteiger partial charge on any atom is 0.314 e. The zero-order valence-corrected chi connectivity index (χ0v) is 18.3. The smallest absolute Gasteiger partial charge is 0.314 e. The summed E-state index contributed by atoms with van der Waals surface area (Å²) in [6.45, 7) is 3.75. The molecular formula is C22H36N4OS. The number of nitrogens with one attached hydrogen (secondary N) is 2. The van der Waals surface area contributed by atoms with Gasteiger partial charge in [0.1, 0.15) is 0 Å². The van der Waals surface area contributed by atoms with Crippen LogP contribution in [0.4, 0.5) is 4.79 Å². The average molecular weight is 405 g/mol. The van der Waals surface area contributed by atoms with Crippen LogP contribution in [0.25, 0.3) is 0 Å². The van der Waals surface area contributed by atoms with Crippen molar-refractivity contribution in [3.63, 3.8) is 0 Å². The Balaban J connectivity index is 1.48. The van der Waals surface area contributed by atoms with Gasteiger partial charge < -0.3 is 15.5 Å².